The van der Waals surface area contributed by atoms with Crippen molar-refractivity contribution in [3.63, 3.8) is 0 Å². The van der Waals surface area contributed by atoms with Gasteiger partial charge in [0.25, 0.3) is 0 Å². The Hall–Kier alpha value is -4.20. The maximum absolute atomic E-state index is 13.1. The summed E-state index contributed by atoms with van der Waals surface area (Å²) >= 11 is 0. The van der Waals surface area contributed by atoms with Gasteiger partial charge in [-0.15, -0.1) is 0 Å². The molecule has 6 rings (SSSR count). The fraction of sp³-hybridized carbons (Fsp3) is 0.500. The summed E-state index contributed by atoms with van der Waals surface area (Å²) in [7, 11) is 3.75. The lowest BCUT2D eigenvalue weighted by Crippen LogP contribution is -2.55. The van der Waals surface area contributed by atoms with E-state index in [0.717, 1.165) is 49.4 Å². The SMILES string of the molecule is COC/C=C/C(=O)N1CCN(c2nc(OC[C@@H]3CCCN3C)nc3c2CCCN(c2cccc4cccc(C)c24)C3)C[C@@H]1CC#N. The van der Waals surface area contributed by atoms with Gasteiger partial charge in [-0.3, -0.25) is 4.79 Å². The van der Waals surface area contributed by atoms with Crippen LogP contribution in [-0.2, 0) is 22.5 Å². The third kappa shape index (κ3) is 6.81. The van der Waals surface area contributed by atoms with E-state index in [9.17, 15) is 10.1 Å². The molecular weight excluding hydrogens is 578 g/mol. The first-order valence-electron chi connectivity index (χ1n) is 16.5. The average molecular weight is 624 g/mol. The molecule has 0 radical (unpaired) electrons. The van der Waals surface area contributed by atoms with E-state index >= 15 is 0 Å². The highest BCUT2D eigenvalue weighted by molar-refractivity contribution is 5.97. The Morgan fingerprint density at radius 1 is 1.07 bits per heavy atom. The third-order valence-corrected chi connectivity index (χ3v) is 9.67. The first kappa shape index (κ1) is 31.8. The highest BCUT2D eigenvalue weighted by atomic mass is 16.5. The van der Waals surface area contributed by atoms with Crippen molar-refractivity contribution >= 4 is 28.2 Å². The number of rotatable bonds is 9. The fourth-order valence-corrected chi connectivity index (χ4v) is 7.21. The Morgan fingerprint density at radius 2 is 1.91 bits per heavy atom. The Balaban J connectivity index is 1.33. The minimum Gasteiger partial charge on any atom is -0.462 e. The second-order valence-electron chi connectivity index (χ2n) is 12.7. The average Bonchev–Trinajstić information content (AvgIpc) is 3.35. The van der Waals surface area contributed by atoms with E-state index in [1.807, 2.05) is 4.90 Å². The number of carbonyl (C=O) groups is 1. The number of hydrogen-bond acceptors (Lipinski definition) is 9. The molecule has 0 saturated carbocycles. The normalized spacial score (nSPS) is 20.6. The van der Waals surface area contributed by atoms with Gasteiger partial charge in [0.05, 0.1) is 37.4 Å². The van der Waals surface area contributed by atoms with Crippen molar-refractivity contribution in [1.82, 2.24) is 19.8 Å². The summed E-state index contributed by atoms with van der Waals surface area (Å²) < 4.78 is 11.4. The van der Waals surface area contributed by atoms with Crippen LogP contribution in [0.25, 0.3) is 10.8 Å². The number of nitriles is 1. The third-order valence-electron chi connectivity index (χ3n) is 9.67. The number of amides is 1. The largest absolute Gasteiger partial charge is 0.462 e. The van der Waals surface area contributed by atoms with Gasteiger partial charge >= 0.3 is 6.01 Å². The molecular formula is C36H45N7O3. The highest BCUT2D eigenvalue weighted by Crippen LogP contribution is 2.35. The summed E-state index contributed by atoms with van der Waals surface area (Å²) in [4.78, 5) is 32.1. The van der Waals surface area contributed by atoms with Crippen LogP contribution >= 0.6 is 0 Å². The molecule has 0 bridgehead atoms. The Labute approximate surface area is 272 Å². The smallest absolute Gasteiger partial charge is 0.318 e. The molecule has 46 heavy (non-hydrogen) atoms. The lowest BCUT2D eigenvalue weighted by atomic mass is 10.0. The van der Waals surface area contributed by atoms with Crippen molar-refractivity contribution in [3.8, 4) is 12.1 Å². The number of aryl methyl sites for hydroxylation is 1. The van der Waals surface area contributed by atoms with Crippen molar-refractivity contribution in [2.45, 2.75) is 57.7 Å². The number of benzene rings is 2. The number of likely N-dealkylation sites (tertiary alicyclic amines) is 1. The zero-order chi connectivity index (χ0) is 32.0. The highest BCUT2D eigenvalue weighted by Gasteiger charge is 2.33. The van der Waals surface area contributed by atoms with Crippen LogP contribution in [0.15, 0.2) is 48.6 Å². The van der Waals surface area contributed by atoms with Crippen LogP contribution < -0.4 is 14.5 Å². The van der Waals surface area contributed by atoms with E-state index in [1.165, 1.54) is 28.4 Å². The number of ether oxygens (including phenoxy) is 2. The van der Waals surface area contributed by atoms with Gasteiger partial charge in [-0.25, -0.2) is 0 Å². The fourth-order valence-electron chi connectivity index (χ4n) is 7.21. The molecule has 1 amide bonds. The zero-order valence-corrected chi connectivity index (χ0v) is 27.3. The molecule has 242 valence electrons. The van der Waals surface area contributed by atoms with Gasteiger partial charge in [0.1, 0.15) is 12.4 Å². The molecule has 2 saturated heterocycles. The maximum Gasteiger partial charge on any atom is 0.318 e. The van der Waals surface area contributed by atoms with Crippen LogP contribution in [0.4, 0.5) is 11.5 Å². The Morgan fingerprint density at radius 3 is 2.70 bits per heavy atom. The molecule has 3 aromatic rings. The minimum atomic E-state index is -0.249. The topological polar surface area (TPSA) is 98.1 Å². The molecule has 10 heteroatoms. The number of methoxy groups -OCH3 is 1. The number of nitrogens with zero attached hydrogens (tertiary/aromatic N) is 7. The number of carbonyl (C=O) groups excluding carboxylic acids is 1. The second kappa shape index (κ2) is 14.5. The molecule has 3 aliphatic heterocycles. The van der Waals surface area contributed by atoms with Crippen LogP contribution in [-0.4, -0.2) is 97.9 Å². The van der Waals surface area contributed by atoms with Crippen molar-refractivity contribution < 1.29 is 14.3 Å². The molecule has 1 aromatic heterocycles. The van der Waals surface area contributed by atoms with E-state index in [-0.39, 0.29) is 18.4 Å². The van der Waals surface area contributed by atoms with Gasteiger partial charge in [-0.1, -0.05) is 36.4 Å². The molecule has 0 unspecified atom stereocenters. The minimum absolute atomic E-state index is 0.0933. The lowest BCUT2D eigenvalue weighted by Gasteiger charge is -2.41. The van der Waals surface area contributed by atoms with E-state index in [0.29, 0.717) is 51.4 Å². The van der Waals surface area contributed by atoms with Crippen LogP contribution in [0, 0.1) is 18.3 Å². The molecule has 0 spiro atoms. The quantitative estimate of drug-likeness (QED) is 0.319. The van der Waals surface area contributed by atoms with Gasteiger partial charge in [-0.05, 0) is 63.2 Å². The summed E-state index contributed by atoms with van der Waals surface area (Å²) in [6.07, 6.45) is 7.60. The summed E-state index contributed by atoms with van der Waals surface area (Å²) in [6, 6.07) is 15.8. The predicted molar refractivity (Wildman–Crippen MR) is 180 cm³/mol. The van der Waals surface area contributed by atoms with Crippen molar-refractivity contribution in [3.05, 3.63) is 65.4 Å². The number of fused-ring (bicyclic) bond motifs is 2. The van der Waals surface area contributed by atoms with Gasteiger partial charge in [0, 0.05) is 62.0 Å². The second-order valence-corrected chi connectivity index (χ2v) is 12.7. The number of piperazine rings is 1. The number of hydrogen-bond donors (Lipinski definition) is 0. The predicted octanol–water partition coefficient (Wildman–Crippen LogP) is 4.50. The molecule has 0 N–H and O–H groups in total. The van der Waals surface area contributed by atoms with Gasteiger partial charge in [0.15, 0.2) is 0 Å². The summed E-state index contributed by atoms with van der Waals surface area (Å²) in [6.45, 7) is 7.38. The monoisotopic (exact) mass is 623 g/mol. The first-order valence-corrected chi connectivity index (χ1v) is 16.5. The van der Waals surface area contributed by atoms with Gasteiger partial charge < -0.3 is 29.1 Å². The summed E-state index contributed by atoms with van der Waals surface area (Å²) in [5, 5.41) is 12.2. The van der Waals surface area contributed by atoms with E-state index < -0.39 is 0 Å². The molecule has 2 atom stereocenters. The Kier molecular flexibility index (Phi) is 10.0. The standard InChI is InChI=1S/C36H45N7O3/c1-26-9-4-10-27-11-5-14-32(34(26)27)41-19-7-13-30-31(24-41)38-36(46-25-29-12-6-18-40(29)2)39-35(30)42-20-21-43(28(23-42)16-17-37)33(44)15-8-22-45-3/h4-5,8-11,14-15,28-29H,6-7,12-13,16,18-25H2,1-3H3/b15-8+/t28-,29-/m0/s1. The summed E-state index contributed by atoms with van der Waals surface area (Å²) in [5.41, 5.74) is 4.61. The number of anilines is 2. The number of aromatic nitrogens is 2. The molecule has 0 aliphatic carbocycles. The molecule has 3 aliphatic rings. The first-order chi connectivity index (χ1) is 22.5. The van der Waals surface area contributed by atoms with Crippen LogP contribution in [0.5, 0.6) is 6.01 Å². The van der Waals surface area contributed by atoms with Crippen molar-refractivity contribution in [1.29, 1.82) is 5.26 Å². The van der Waals surface area contributed by atoms with Gasteiger partial charge in [-0.2, -0.15) is 15.2 Å². The van der Waals surface area contributed by atoms with Crippen molar-refractivity contribution in [2.24, 2.45) is 0 Å². The van der Waals surface area contributed by atoms with Crippen LogP contribution in [0.2, 0.25) is 0 Å². The lowest BCUT2D eigenvalue weighted by molar-refractivity contribution is -0.128. The molecule has 2 aromatic carbocycles. The zero-order valence-electron chi connectivity index (χ0n) is 27.3. The number of likely N-dealkylation sites (N-methyl/N-ethyl adjacent to an activating group) is 1. The summed E-state index contributed by atoms with van der Waals surface area (Å²) in [5.74, 6) is 0.782. The molecule has 2 fully saturated rings. The van der Waals surface area contributed by atoms with E-state index in [2.05, 4.69) is 71.1 Å². The van der Waals surface area contributed by atoms with E-state index in [4.69, 9.17) is 19.4 Å². The van der Waals surface area contributed by atoms with Crippen LogP contribution in [0.3, 0.4) is 0 Å². The Bertz CT molecular complexity index is 1610. The van der Waals surface area contributed by atoms with Crippen LogP contribution in [0.1, 0.15) is 42.5 Å². The maximum atomic E-state index is 13.1. The molecule has 4 heterocycles. The molecule has 10 nitrogen and oxygen atoms in total. The van der Waals surface area contributed by atoms with Gasteiger partial charge in [0.2, 0.25) is 5.91 Å². The van der Waals surface area contributed by atoms with E-state index in [1.54, 1.807) is 19.3 Å². The van der Waals surface area contributed by atoms with Crippen molar-refractivity contribution in [2.75, 3.05) is 69.9 Å².